The Bertz CT molecular complexity index is 480. The zero-order valence-corrected chi connectivity index (χ0v) is 10.0. The molecule has 18 heavy (non-hydrogen) atoms. The summed E-state index contributed by atoms with van der Waals surface area (Å²) in [5.41, 5.74) is 12.7. The highest BCUT2D eigenvalue weighted by Crippen LogP contribution is 2.16. The molecule has 4 N–H and O–H groups in total. The van der Waals surface area contributed by atoms with Crippen LogP contribution in [0.5, 0.6) is 11.5 Å². The highest BCUT2D eigenvalue weighted by atomic mass is 16.5. The van der Waals surface area contributed by atoms with Gasteiger partial charge in [0.15, 0.2) is 0 Å². The lowest BCUT2D eigenvalue weighted by molar-refractivity contribution is 0.305. The van der Waals surface area contributed by atoms with Crippen molar-refractivity contribution in [1.29, 1.82) is 0 Å². The zero-order valence-electron chi connectivity index (χ0n) is 10.0. The summed E-state index contributed by atoms with van der Waals surface area (Å²) < 4.78 is 10.8. The number of hydrogen-bond donors (Lipinski definition) is 2. The van der Waals surface area contributed by atoms with E-state index in [1.165, 1.54) is 0 Å². The molecule has 0 saturated heterocycles. The number of nitrogen functional groups attached to an aromatic ring is 1. The van der Waals surface area contributed by atoms with E-state index in [9.17, 15) is 0 Å². The van der Waals surface area contributed by atoms with Crippen LogP contribution in [-0.2, 0) is 6.61 Å². The SMILES string of the molecule is NCOc1ccc(COc2ccc(N)cc2)cc1. The van der Waals surface area contributed by atoms with Gasteiger partial charge in [-0.3, -0.25) is 5.73 Å². The van der Waals surface area contributed by atoms with Crippen molar-refractivity contribution in [3.05, 3.63) is 54.1 Å². The molecule has 0 aliphatic rings. The van der Waals surface area contributed by atoms with E-state index in [0.717, 1.165) is 22.7 Å². The molecule has 0 radical (unpaired) electrons. The number of benzene rings is 2. The van der Waals surface area contributed by atoms with Crippen LogP contribution in [0.1, 0.15) is 5.56 Å². The van der Waals surface area contributed by atoms with Crippen LogP contribution in [-0.4, -0.2) is 6.73 Å². The first-order valence-corrected chi connectivity index (χ1v) is 5.68. The zero-order chi connectivity index (χ0) is 12.8. The molecular weight excluding hydrogens is 228 g/mol. The maximum atomic E-state index is 5.63. The molecular formula is C14H16N2O2. The molecule has 0 saturated carbocycles. The minimum atomic E-state index is 0.182. The van der Waals surface area contributed by atoms with Crippen LogP contribution < -0.4 is 20.9 Å². The summed E-state index contributed by atoms with van der Waals surface area (Å²) in [5, 5.41) is 0. The van der Waals surface area contributed by atoms with Crippen molar-refractivity contribution in [2.75, 3.05) is 12.5 Å². The van der Waals surface area contributed by atoms with Gasteiger partial charge in [-0.1, -0.05) is 12.1 Å². The lowest BCUT2D eigenvalue weighted by Crippen LogP contribution is -2.07. The Labute approximate surface area is 106 Å². The van der Waals surface area contributed by atoms with Gasteiger partial charge in [-0.25, -0.2) is 0 Å². The predicted octanol–water partition coefficient (Wildman–Crippen LogP) is 2.14. The van der Waals surface area contributed by atoms with E-state index in [0.29, 0.717) is 6.61 Å². The second-order valence-electron chi connectivity index (χ2n) is 3.81. The van der Waals surface area contributed by atoms with Crippen molar-refractivity contribution in [2.24, 2.45) is 5.73 Å². The van der Waals surface area contributed by atoms with Crippen molar-refractivity contribution in [3.63, 3.8) is 0 Å². The molecule has 0 aliphatic heterocycles. The van der Waals surface area contributed by atoms with E-state index < -0.39 is 0 Å². The van der Waals surface area contributed by atoms with Crippen molar-refractivity contribution in [1.82, 2.24) is 0 Å². The van der Waals surface area contributed by atoms with Gasteiger partial charge in [-0.15, -0.1) is 0 Å². The van der Waals surface area contributed by atoms with Crippen LogP contribution >= 0.6 is 0 Å². The van der Waals surface area contributed by atoms with Crippen LogP contribution in [0.4, 0.5) is 5.69 Å². The molecule has 0 spiro atoms. The van der Waals surface area contributed by atoms with E-state index in [2.05, 4.69) is 0 Å². The molecule has 2 rings (SSSR count). The average molecular weight is 244 g/mol. The quantitative estimate of drug-likeness (QED) is 0.624. The Kier molecular flexibility index (Phi) is 4.04. The number of ether oxygens (including phenoxy) is 2. The van der Waals surface area contributed by atoms with Gasteiger partial charge >= 0.3 is 0 Å². The van der Waals surface area contributed by atoms with Crippen LogP contribution in [0.15, 0.2) is 48.5 Å². The molecule has 0 fully saturated rings. The second-order valence-corrected chi connectivity index (χ2v) is 3.81. The monoisotopic (exact) mass is 244 g/mol. The molecule has 2 aromatic carbocycles. The predicted molar refractivity (Wildman–Crippen MR) is 71.3 cm³/mol. The number of rotatable bonds is 5. The lowest BCUT2D eigenvalue weighted by atomic mass is 10.2. The van der Waals surface area contributed by atoms with Gasteiger partial charge in [0.05, 0.1) is 0 Å². The maximum Gasteiger partial charge on any atom is 0.137 e. The van der Waals surface area contributed by atoms with Gasteiger partial charge in [0.1, 0.15) is 24.8 Å². The largest absolute Gasteiger partial charge is 0.489 e. The first kappa shape index (κ1) is 12.3. The van der Waals surface area contributed by atoms with Crippen LogP contribution in [0.25, 0.3) is 0 Å². The minimum absolute atomic E-state index is 0.182. The van der Waals surface area contributed by atoms with Gasteiger partial charge in [-0.2, -0.15) is 0 Å². The molecule has 0 aromatic heterocycles. The molecule has 94 valence electrons. The summed E-state index contributed by atoms with van der Waals surface area (Å²) in [6.45, 7) is 0.689. The molecule has 4 nitrogen and oxygen atoms in total. The molecule has 2 aromatic rings. The van der Waals surface area contributed by atoms with Gasteiger partial charge < -0.3 is 15.2 Å². The Hall–Kier alpha value is -2.20. The topological polar surface area (TPSA) is 70.5 Å². The normalized spacial score (nSPS) is 10.1. The highest BCUT2D eigenvalue weighted by molar-refractivity contribution is 5.41. The Morgan fingerprint density at radius 2 is 1.33 bits per heavy atom. The fourth-order valence-corrected chi connectivity index (χ4v) is 1.51. The molecule has 4 heteroatoms. The number of nitrogens with two attached hydrogens (primary N) is 2. The Morgan fingerprint density at radius 3 is 1.94 bits per heavy atom. The van der Waals surface area contributed by atoms with E-state index >= 15 is 0 Å². The maximum absolute atomic E-state index is 5.63. The van der Waals surface area contributed by atoms with E-state index in [1.54, 1.807) is 0 Å². The third-order valence-corrected chi connectivity index (χ3v) is 2.46. The first-order valence-electron chi connectivity index (χ1n) is 5.68. The highest BCUT2D eigenvalue weighted by Gasteiger charge is 1.97. The molecule has 0 amide bonds. The van der Waals surface area contributed by atoms with Crippen LogP contribution in [0.3, 0.4) is 0 Å². The lowest BCUT2D eigenvalue weighted by Gasteiger charge is -2.07. The van der Waals surface area contributed by atoms with Crippen molar-refractivity contribution < 1.29 is 9.47 Å². The molecule has 0 aliphatic carbocycles. The van der Waals surface area contributed by atoms with Crippen molar-refractivity contribution >= 4 is 5.69 Å². The van der Waals surface area contributed by atoms with Gasteiger partial charge in [0.25, 0.3) is 0 Å². The van der Waals surface area contributed by atoms with Crippen LogP contribution in [0.2, 0.25) is 0 Å². The summed E-state index contributed by atoms with van der Waals surface area (Å²) in [6, 6.07) is 15.0. The van der Waals surface area contributed by atoms with Crippen molar-refractivity contribution in [2.45, 2.75) is 6.61 Å². The first-order chi connectivity index (χ1) is 8.78. The standard InChI is InChI=1S/C14H16N2O2/c15-10-18-14-5-1-11(2-6-14)9-17-13-7-3-12(16)4-8-13/h1-8H,9-10,15-16H2. The smallest absolute Gasteiger partial charge is 0.137 e. The molecule has 0 bridgehead atoms. The number of anilines is 1. The van der Waals surface area contributed by atoms with Crippen LogP contribution in [0, 0.1) is 0 Å². The molecule has 0 heterocycles. The summed E-state index contributed by atoms with van der Waals surface area (Å²) in [7, 11) is 0. The van der Waals surface area contributed by atoms with E-state index in [4.69, 9.17) is 20.9 Å². The average Bonchev–Trinajstić information content (AvgIpc) is 2.40. The molecule has 0 atom stereocenters. The van der Waals surface area contributed by atoms with E-state index in [1.807, 2.05) is 48.5 Å². The van der Waals surface area contributed by atoms with Crippen molar-refractivity contribution in [3.8, 4) is 11.5 Å². The second kappa shape index (κ2) is 5.93. The Balaban J connectivity index is 1.91. The fraction of sp³-hybridized carbons (Fsp3) is 0.143. The molecule has 0 unspecified atom stereocenters. The summed E-state index contributed by atoms with van der Waals surface area (Å²) >= 11 is 0. The minimum Gasteiger partial charge on any atom is -0.489 e. The number of hydrogen-bond acceptors (Lipinski definition) is 4. The summed E-state index contributed by atoms with van der Waals surface area (Å²) in [5.74, 6) is 1.56. The van der Waals surface area contributed by atoms with Gasteiger partial charge in [0.2, 0.25) is 0 Å². The van der Waals surface area contributed by atoms with E-state index in [-0.39, 0.29) is 6.73 Å². The third-order valence-electron chi connectivity index (χ3n) is 2.46. The third kappa shape index (κ3) is 3.40. The Morgan fingerprint density at radius 1 is 0.778 bits per heavy atom. The summed E-state index contributed by atoms with van der Waals surface area (Å²) in [6.07, 6.45) is 0. The van der Waals surface area contributed by atoms with Gasteiger partial charge in [-0.05, 0) is 42.0 Å². The van der Waals surface area contributed by atoms with Gasteiger partial charge in [0, 0.05) is 5.69 Å². The fourth-order valence-electron chi connectivity index (χ4n) is 1.51. The summed E-state index contributed by atoms with van der Waals surface area (Å²) in [4.78, 5) is 0.